The molecular weight excluding hydrogens is 330 g/mol. The molecule has 4 heteroatoms. The van der Waals surface area contributed by atoms with Crippen LogP contribution in [0.4, 0.5) is 4.39 Å². The molecule has 0 bridgehead atoms. The molecule has 3 nitrogen and oxygen atoms in total. The van der Waals surface area contributed by atoms with Gasteiger partial charge >= 0.3 is 0 Å². The van der Waals surface area contributed by atoms with E-state index in [9.17, 15) is 9.18 Å². The van der Waals surface area contributed by atoms with Gasteiger partial charge in [0, 0.05) is 5.56 Å². The SMILES string of the molecule is COc1cc(C([18F])C(=O)c2ccc3c(c2)CCC(C)(C)O3)cc(C)c1C. The third kappa shape index (κ3) is 3.46. The van der Waals surface area contributed by atoms with Crippen molar-refractivity contribution in [3.63, 3.8) is 0 Å². The minimum Gasteiger partial charge on any atom is -0.496 e. The van der Waals surface area contributed by atoms with Gasteiger partial charge < -0.3 is 9.47 Å². The Kier molecular flexibility index (Phi) is 4.78. The van der Waals surface area contributed by atoms with Crippen LogP contribution in [0.1, 0.15) is 59.1 Å². The summed E-state index contributed by atoms with van der Waals surface area (Å²) in [4.78, 5) is 12.7. The predicted octanol–water partition coefficient (Wildman–Crippen LogP) is 5.31. The van der Waals surface area contributed by atoms with E-state index in [0.717, 1.165) is 35.3 Å². The number of ether oxygens (including phenoxy) is 2. The Hall–Kier alpha value is -2.36. The van der Waals surface area contributed by atoms with Gasteiger partial charge in [-0.3, -0.25) is 4.79 Å². The highest BCUT2D eigenvalue weighted by atomic mass is 18.2. The molecule has 0 radical (unpaired) electrons. The largest absolute Gasteiger partial charge is 0.496 e. The number of fused-ring (bicyclic) bond motifs is 1. The van der Waals surface area contributed by atoms with Crippen LogP contribution in [0.2, 0.25) is 0 Å². The molecule has 138 valence electrons. The van der Waals surface area contributed by atoms with Crippen molar-refractivity contribution in [1.29, 1.82) is 0 Å². The van der Waals surface area contributed by atoms with Crippen LogP contribution >= 0.6 is 0 Å². The zero-order valence-electron chi connectivity index (χ0n) is 16.0. The Balaban J connectivity index is 1.89. The van der Waals surface area contributed by atoms with Gasteiger partial charge in [0.2, 0.25) is 5.78 Å². The summed E-state index contributed by atoms with van der Waals surface area (Å²) < 4.78 is 26.2. The molecule has 0 fully saturated rings. The number of methoxy groups -OCH3 is 1. The van der Waals surface area contributed by atoms with E-state index in [-0.39, 0.29) is 5.60 Å². The minimum absolute atomic E-state index is 0.211. The number of Topliss-reactive ketones (excluding diaryl/α,β-unsaturated/α-hetero) is 1. The van der Waals surface area contributed by atoms with Crippen LogP contribution in [-0.2, 0) is 6.42 Å². The number of benzene rings is 2. The third-order valence-electron chi connectivity index (χ3n) is 5.11. The number of halogens is 1. The Morgan fingerprint density at radius 2 is 1.96 bits per heavy atom. The highest BCUT2D eigenvalue weighted by Gasteiger charge is 2.28. The van der Waals surface area contributed by atoms with E-state index >= 15 is 0 Å². The lowest BCUT2D eigenvalue weighted by Gasteiger charge is -2.32. The number of aryl methyl sites for hydroxylation is 2. The fourth-order valence-corrected chi connectivity index (χ4v) is 3.32. The lowest BCUT2D eigenvalue weighted by Crippen LogP contribution is -2.32. The molecule has 1 aliphatic heterocycles. The van der Waals surface area contributed by atoms with Crippen LogP contribution in [0, 0.1) is 13.8 Å². The number of hydrogen-bond acceptors (Lipinski definition) is 3. The van der Waals surface area contributed by atoms with E-state index < -0.39 is 12.0 Å². The number of hydrogen-bond donors (Lipinski definition) is 0. The highest BCUT2D eigenvalue weighted by Crippen LogP contribution is 2.35. The van der Waals surface area contributed by atoms with Gasteiger partial charge in [-0.05, 0) is 87.1 Å². The van der Waals surface area contributed by atoms with Crippen LogP contribution in [0.25, 0.3) is 0 Å². The summed E-state index contributed by atoms with van der Waals surface area (Å²) in [6.45, 7) is 7.88. The smallest absolute Gasteiger partial charge is 0.201 e. The summed E-state index contributed by atoms with van der Waals surface area (Å²) in [5.74, 6) is 0.834. The first kappa shape index (κ1) is 18.4. The number of carbonyl (C=O) groups excluding carboxylic acids is 1. The maximum Gasteiger partial charge on any atom is 0.201 e. The molecule has 2 aromatic rings. The van der Waals surface area contributed by atoms with Crippen LogP contribution in [0.5, 0.6) is 11.5 Å². The number of carbonyl (C=O) groups is 1. The van der Waals surface area contributed by atoms with Crippen molar-refractivity contribution in [3.05, 3.63) is 58.1 Å². The molecule has 0 N–H and O–H groups in total. The second-order valence-corrected chi connectivity index (χ2v) is 7.58. The molecule has 0 amide bonds. The minimum atomic E-state index is -1.72. The molecular formula is C22H25FO3. The average Bonchev–Trinajstić information content (AvgIpc) is 2.61. The molecule has 1 unspecified atom stereocenters. The Labute approximate surface area is 154 Å². The zero-order valence-corrected chi connectivity index (χ0v) is 16.0. The second kappa shape index (κ2) is 6.75. The standard InChI is InChI=1S/C22H25FO3/c1-13-10-17(12-19(25-5)14(13)2)20(23)21(24)16-6-7-18-15(11-16)8-9-22(3,4)26-18/h6-7,10-12,20H,8-9H2,1-5H3/i23-1. The number of alkyl halides is 1. The van der Waals surface area contributed by atoms with Crippen molar-refractivity contribution in [3.8, 4) is 11.5 Å². The van der Waals surface area contributed by atoms with E-state index in [4.69, 9.17) is 9.47 Å². The molecule has 0 spiro atoms. The Bertz CT molecular complexity index is 855. The van der Waals surface area contributed by atoms with Crippen molar-refractivity contribution in [2.45, 2.75) is 52.3 Å². The van der Waals surface area contributed by atoms with Gasteiger partial charge in [0.25, 0.3) is 0 Å². The van der Waals surface area contributed by atoms with Gasteiger partial charge in [0.15, 0.2) is 6.17 Å². The lowest BCUT2D eigenvalue weighted by molar-refractivity contribution is 0.0841. The molecule has 1 aliphatic rings. The fraction of sp³-hybridized carbons (Fsp3) is 0.409. The van der Waals surface area contributed by atoms with Gasteiger partial charge in [-0.25, -0.2) is 4.39 Å². The summed E-state index contributed by atoms with van der Waals surface area (Å²) in [5.41, 5.74) is 3.29. The molecule has 1 atom stereocenters. The monoisotopic (exact) mass is 355 g/mol. The summed E-state index contributed by atoms with van der Waals surface area (Å²) >= 11 is 0. The molecule has 0 aromatic heterocycles. The van der Waals surface area contributed by atoms with Crippen molar-refractivity contribution in [1.82, 2.24) is 0 Å². The van der Waals surface area contributed by atoms with Crippen molar-refractivity contribution >= 4 is 5.78 Å². The highest BCUT2D eigenvalue weighted by molar-refractivity contribution is 6.00. The van der Waals surface area contributed by atoms with Gasteiger partial charge in [-0.15, -0.1) is 0 Å². The summed E-state index contributed by atoms with van der Waals surface area (Å²) in [6.07, 6.45) is -0.0367. The van der Waals surface area contributed by atoms with Crippen molar-refractivity contribution < 1.29 is 18.7 Å². The molecule has 0 saturated heterocycles. The van der Waals surface area contributed by atoms with Crippen LogP contribution in [-0.4, -0.2) is 18.5 Å². The van der Waals surface area contributed by atoms with Crippen LogP contribution in [0.3, 0.4) is 0 Å². The van der Waals surface area contributed by atoms with Gasteiger partial charge in [-0.1, -0.05) is 6.07 Å². The van der Waals surface area contributed by atoms with Crippen molar-refractivity contribution in [2.24, 2.45) is 0 Å². The van der Waals surface area contributed by atoms with Crippen molar-refractivity contribution in [2.75, 3.05) is 7.11 Å². The molecule has 3 rings (SSSR count). The quantitative estimate of drug-likeness (QED) is 0.697. The fourth-order valence-electron chi connectivity index (χ4n) is 3.32. The first-order valence-corrected chi connectivity index (χ1v) is 8.87. The molecule has 26 heavy (non-hydrogen) atoms. The van der Waals surface area contributed by atoms with Crippen LogP contribution < -0.4 is 9.47 Å². The third-order valence-corrected chi connectivity index (χ3v) is 5.11. The van der Waals surface area contributed by atoms with E-state index in [2.05, 4.69) is 0 Å². The average molecular weight is 355 g/mol. The van der Waals surface area contributed by atoms with Crippen LogP contribution in [0.15, 0.2) is 30.3 Å². The van der Waals surface area contributed by atoms with Gasteiger partial charge in [-0.2, -0.15) is 0 Å². The van der Waals surface area contributed by atoms with E-state index in [1.54, 1.807) is 37.4 Å². The summed E-state index contributed by atoms with van der Waals surface area (Å²) in [6, 6.07) is 8.50. The first-order valence-electron chi connectivity index (χ1n) is 8.87. The van der Waals surface area contributed by atoms with Gasteiger partial charge in [0.1, 0.15) is 17.1 Å². The predicted molar refractivity (Wildman–Crippen MR) is 100 cm³/mol. The molecule has 2 aromatic carbocycles. The Morgan fingerprint density at radius 3 is 2.65 bits per heavy atom. The second-order valence-electron chi connectivity index (χ2n) is 7.58. The van der Waals surface area contributed by atoms with E-state index in [1.165, 1.54) is 0 Å². The molecule has 0 aliphatic carbocycles. The molecule has 1 heterocycles. The summed E-state index contributed by atoms with van der Waals surface area (Å²) in [7, 11) is 1.55. The Morgan fingerprint density at radius 1 is 1.23 bits per heavy atom. The van der Waals surface area contributed by atoms with E-state index in [1.807, 2.05) is 27.7 Å². The maximum absolute atomic E-state index is 15.0. The topological polar surface area (TPSA) is 35.5 Å². The normalized spacial score (nSPS) is 16.4. The summed E-state index contributed by atoms with van der Waals surface area (Å²) in [5, 5.41) is 0. The first-order chi connectivity index (χ1) is 12.2. The molecule has 0 saturated carbocycles. The van der Waals surface area contributed by atoms with E-state index in [0.29, 0.717) is 16.9 Å². The lowest BCUT2D eigenvalue weighted by atomic mass is 9.91. The zero-order chi connectivity index (χ0) is 19.1. The number of ketones is 1. The van der Waals surface area contributed by atoms with Gasteiger partial charge in [0.05, 0.1) is 7.11 Å². The number of rotatable bonds is 4. The maximum atomic E-state index is 15.0.